The largest absolute Gasteiger partial charge is 0.457 e. The second kappa shape index (κ2) is 5.89. The third-order valence-corrected chi connectivity index (χ3v) is 2.68. The summed E-state index contributed by atoms with van der Waals surface area (Å²) in [6.07, 6.45) is 0.194. The lowest BCUT2D eigenvalue weighted by atomic mass is 10.1. The normalized spacial score (nSPS) is 10.1. The minimum absolute atomic E-state index is 0.194. The summed E-state index contributed by atoms with van der Waals surface area (Å²) in [5, 5.41) is 0.266. The predicted octanol–water partition coefficient (Wildman–Crippen LogP) is 4.44. The fourth-order valence-corrected chi connectivity index (χ4v) is 1.80. The number of ether oxygens (including phenoxy) is 1. The van der Waals surface area contributed by atoms with Crippen LogP contribution in [0.15, 0.2) is 48.5 Å². The van der Waals surface area contributed by atoms with Crippen molar-refractivity contribution in [3.8, 4) is 11.5 Å². The van der Waals surface area contributed by atoms with Crippen molar-refractivity contribution >= 4 is 28.4 Å². The molecule has 0 heterocycles. The van der Waals surface area contributed by atoms with Crippen LogP contribution in [0.25, 0.3) is 0 Å². The van der Waals surface area contributed by atoms with Crippen LogP contribution in [0.5, 0.6) is 11.5 Å². The van der Waals surface area contributed by atoms with Gasteiger partial charge in [0, 0.05) is 11.4 Å². The molecule has 2 aromatic rings. The van der Waals surface area contributed by atoms with Crippen molar-refractivity contribution < 1.29 is 9.53 Å². The molecule has 0 atom stereocenters. The zero-order valence-electron chi connectivity index (χ0n) is 9.40. The van der Waals surface area contributed by atoms with Crippen molar-refractivity contribution in [2.45, 2.75) is 6.42 Å². The summed E-state index contributed by atoms with van der Waals surface area (Å²) in [6.45, 7) is 0. The summed E-state index contributed by atoms with van der Waals surface area (Å²) in [4.78, 5) is 10.8. The van der Waals surface area contributed by atoms with Gasteiger partial charge in [0.25, 0.3) is 0 Å². The quantitative estimate of drug-likeness (QED) is 0.774. The van der Waals surface area contributed by atoms with E-state index in [1.165, 1.54) is 0 Å². The fraction of sp³-hybridized carbons (Fsp3) is 0.0714. The van der Waals surface area contributed by atoms with Crippen molar-refractivity contribution in [1.82, 2.24) is 0 Å². The van der Waals surface area contributed by atoms with E-state index in [0.29, 0.717) is 16.5 Å². The van der Waals surface area contributed by atoms with Crippen LogP contribution in [0.2, 0.25) is 5.02 Å². The Kier molecular flexibility index (Phi) is 4.24. The van der Waals surface area contributed by atoms with Gasteiger partial charge in [-0.3, -0.25) is 4.79 Å². The van der Waals surface area contributed by atoms with Gasteiger partial charge >= 0.3 is 0 Å². The molecule has 0 aliphatic carbocycles. The predicted molar refractivity (Wildman–Crippen MR) is 72.5 cm³/mol. The third kappa shape index (κ3) is 3.76. The molecule has 0 unspecified atom stereocenters. The molecule has 0 saturated heterocycles. The highest BCUT2D eigenvalue weighted by molar-refractivity contribution is 6.63. The van der Waals surface area contributed by atoms with E-state index in [0.717, 1.165) is 5.56 Å². The van der Waals surface area contributed by atoms with E-state index >= 15 is 0 Å². The van der Waals surface area contributed by atoms with Crippen molar-refractivity contribution in [2.75, 3.05) is 0 Å². The average molecular weight is 281 g/mol. The highest BCUT2D eigenvalue weighted by atomic mass is 35.5. The summed E-state index contributed by atoms with van der Waals surface area (Å²) in [5.41, 5.74) is 0.821. The van der Waals surface area contributed by atoms with Crippen LogP contribution in [0.4, 0.5) is 0 Å². The summed E-state index contributed by atoms with van der Waals surface area (Å²) < 4.78 is 5.64. The van der Waals surface area contributed by atoms with E-state index in [2.05, 4.69) is 0 Å². The van der Waals surface area contributed by atoms with E-state index < -0.39 is 5.24 Å². The summed E-state index contributed by atoms with van der Waals surface area (Å²) in [5.74, 6) is 1.35. The third-order valence-electron chi connectivity index (χ3n) is 2.29. The van der Waals surface area contributed by atoms with Crippen LogP contribution in [0.1, 0.15) is 5.56 Å². The number of halogens is 2. The van der Waals surface area contributed by atoms with E-state index in [9.17, 15) is 4.79 Å². The second-order valence-electron chi connectivity index (χ2n) is 3.74. The Morgan fingerprint density at radius 3 is 2.44 bits per heavy atom. The molecule has 0 aromatic heterocycles. The minimum atomic E-state index is -0.390. The number of carbonyl (C=O) groups is 1. The van der Waals surface area contributed by atoms with Gasteiger partial charge in [-0.25, -0.2) is 0 Å². The van der Waals surface area contributed by atoms with E-state index in [-0.39, 0.29) is 6.42 Å². The molecule has 0 amide bonds. The molecule has 0 aliphatic rings. The van der Waals surface area contributed by atoms with Crippen LogP contribution in [-0.2, 0) is 11.2 Å². The molecule has 4 heteroatoms. The Morgan fingerprint density at radius 2 is 1.78 bits per heavy atom. The van der Waals surface area contributed by atoms with Gasteiger partial charge in [-0.1, -0.05) is 23.7 Å². The monoisotopic (exact) mass is 280 g/mol. The van der Waals surface area contributed by atoms with Crippen LogP contribution >= 0.6 is 23.2 Å². The highest BCUT2D eigenvalue weighted by Crippen LogP contribution is 2.24. The zero-order chi connectivity index (χ0) is 13.0. The van der Waals surface area contributed by atoms with E-state index in [4.69, 9.17) is 27.9 Å². The lowest BCUT2D eigenvalue weighted by Crippen LogP contribution is -1.93. The Morgan fingerprint density at radius 1 is 1.06 bits per heavy atom. The van der Waals surface area contributed by atoms with Crippen LogP contribution in [0.3, 0.4) is 0 Å². The first-order chi connectivity index (χ1) is 8.63. The molecular formula is C14H10Cl2O2. The van der Waals surface area contributed by atoms with Crippen LogP contribution < -0.4 is 4.74 Å². The maximum Gasteiger partial charge on any atom is 0.226 e. The first-order valence-corrected chi connectivity index (χ1v) is 6.10. The number of hydrogen-bond acceptors (Lipinski definition) is 2. The van der Waals surface area contributed by atoms with Gasteiger partial charge in [-0.2, -0.15) is 0 Å². The summed E-state index contributed by atoms with van der Waals surface area (Å²) in [7, 11) is 0. The molecule has 0 bridgehead atoms. The molecule has 2 nitrogen and oxygen atoms in total. The molecule has 0 radical (unpaired) electrons. The minimum Gasteiger partial charge on any atom is -0.457 e. The van der Waals surface area contributed by atoms with Crippen molar-refractivity contribution in [2.24, 2.45) is 0 Å². The Hall–Kier alpha value is -1.51. The Balaban J connectivity index is 2.13. The maximum atomic E-state index is 10.8. The van der Waals surface area contributed by atoms with Gasteiger partial charge < -0.3 is 4.74 Å². The van der Waals surface area contributed by atoms with Crippen molar-refractivity contribution in [3.63, 3.8) is 0 Å². The van der Waals surface area contributed by atoms with Gasteiger partial charge in [0.15, 0.2) is 0 Å². The summed E-state index contributed by atoms with van der Waals surface area (Å²) in [6, 6.07) is 14.3. The van der Waals surface area contributed by atoms with E-state index in [1.54, 1.807) is 30.3 Å². The van der Waals surface area contributed by atoms with E-state index in [1.807, 2.05) is 18.2 Å². The smallest absolute Gasteiger partial charge is 0.226 e. The molecule has 0 fully saturated rings. The first kappa shape index (κ1) is 12.9. The van der Waals surface area contributed by atoms with Gasteiger partial charge in [0.2, 0.25) is 5.24 Å². The van der Waals surface area contributed by atoms with Gasteiger partial charge in [0.05, 0.1) is 0 Å². The molecular weight excluding hydrogens is 271 g/mol. The lowest BCUT2D eigenvalue weighted by molar-refractivity contribution is -0.111. The molecule has 0 saturated carbocycles. The second-order valence-corrected chi connectivity index (χ2v) is 4.59. The van der Waals surface area contributed by atoms with Crippen LogP contribution in [-0.4, -0.2) is 5.24 Å². The molecule has 0 spiro atoms. The van der Waals surface area contributed by atoms with Crippen molar-refractivity contribution in [3.05, 3.63) is 59.1 Å². The molecule has 18 heavy (non-hydrogen) atoms. The number of carbonyl (C=O) groups excluding carboxylic acids is 1. The number of rotatable bonds is 4. The SMILES string of the molecule is O=C(Cl)Cc1cccc(Oc2ccc(Cl)cc2)c1. The Bertz CT molecular complexity index is 550. The number of hydrogen-bond donors (Lipinski definition) is 0. The lowest BCUT2D eigenvalue weighted by Gasteiger charge is -2.06. The molecule has 2 aromatic carbocycles. The first-order valence-electron chi connectivity index (χ1n) is 5.34. The Labute approximate surface area is 115 Å². The van der Waals surface area contributed by atoms with Gasteiger partial charge in [-0.15, -0.1) is 0 Å². The zero-order valence-corrected chi connectivity index (χ0v) is 10.9. The summed E-state index contributed by atoms with van der Waals surface area (Å²) >= 11 is 11.1. The molecule has 2 rings (SSSR count). The molecule has 0 N–H and O–H groups in total. The number of benzene rings is 2. The van der Waals surface area contributed by atoms with Gasteiger partial charge in [-0.05, 0) is 53.6 Å². The highest BCUT2D eigenvalue weighted by Gasteiger charge is 2.02. The fourth-order valence-electron chi connectivity index (χ4n) is 1.52. The molecule has 0 aliphatic heterocycles. The molecule has 92 valence electrons. The maximum absolute atomic E-state index is 10.8. The standard InChI is InChI=1S/C14H10Cl2O2/c15-11-4-6-12(7-5-11)18-13-3-1-2-10(8-13)9-14(16)17/h1-8H,9H2. The van der Waals surface area contributed by atoms with Crippen molar-refractivity contribution in [1.29, 1.82) is 0 Å². The topological polar surface area (TPSA) is 26.3 Å². The average Bonchev–Trinajstić information content (AvgIpc) is 2.32. The van der Waals surface area contributed by atoms with Gasteiger partial charge in [0.1, 0.15) is 11.5 Å². The van der Waals surface area contributed by atoms with Crippen LogP contribution in [0, 0.1) is 0 Å².